The third-order valence-corrected chi connectivity index (χ3v) is 3.75. The van der Waals surface area contributed by atoms with Crippen LogP contribution in [0.2, 0.25) is 0 Å². The van der Waals surface area contributed by atoms with E-state index in [1.54, 1.807) is 0 Å². The summed E-state index contributed by atoms with van der Waals surface area (Å²) in [6.07, 6.45) is 0.679. The maximum atomic E-state index is 5.98. The van der Waals surface area contributed by atoms with E-state index in [1.165, 1.54) is 16.7 Å². The van der Waals surface area contributed by atoms with Crippen LogP contribution >= 0.6 is 0 Å². The minimum atomic E-state index is 0.534. The molecule has 2 rings (SSSR count). The number of ether oxygens (including phenoxy) is 2. The molecule has 0 saturated heterocycles. The second kappa shape index (κ2) is 9.73. The SMILES string of the molecule is Cc1ccc(CC(N)=NCCOCCOc2ccccc2)cc1C. The molecule has 0 fully saturated rings. The number of nitrogens with zero attached hydrogens (tertiary/aromatic N) is 1. The number of amidine groups is 1. The first-order valence-electron chi connectivity index (χ1n) is 8.25. The zero-order valence-corrected chi connectivity index (χ0v) is 14.5. The van der Waals surface area contributed by atoms with Gasteiger partial charge >= 0.3 is 0 Å². The molecule has 0 bridgehead atoms. The molecule has 2 aromatic carbocycles. The van der Waals surface area contributed by atoms with Gasteiger partial charge in [0.25, 0.3) is 0 Å². The summed E-state index contributed by atoms with van der Waals surface area (Å²) in [5, 5.41) is 0. The van der Waals surface area contributed by atoms with Crippen LogP contribution in [0.25, 0.3) is 0 Å². The lowest BCUT2D eigenvalue weighted by Gasteiger charge is -2.07. The highest BCUT2D eigenvalue weighted by Crippen LogP contribution is 2.10. The highest BCUT2D eigenvalue weighted by atomic mass is 16.5. The van der Waals surface area contributed by atoms with Gasteiger partial charge < -0.3 is 15.2 Å². The Kier molecular flexibility index (Phi) is 7.30. The molecular weight excluding hydrogens is 300 g/mol. The van der Waals surface area contributed by atoms with E-state index in [2.05, 4.69) is 37.0 Å². The number of benzene rings is 2. The van der Waals surface area contributed by atoms with Crippen LogP contribution in [-0.2, 0) is 11.2 Å². The van der Waals surface area contributed by atoms with E-state index in [4.69, 9.17) is 15.2 Å². The minimum absolute atomic E-state index is 0.534. The second-order valence-corrected chi connectivity index (χ2v) is 5.74. The van der Waals surface area contributed by atoms with Crippen molar-refractivity contribution < 1.29 is 9.47 Å². The smallest absolute Gasteiger partial charge is 0.119 e. The highest BCUT2D eigenvalue weighted by Gasteiger charge is 1.99. The summed E-state index contributed by atoms with van der Waals surface area (Å²) in [6.45, 7) is 6.41. The zero-order chi connectivity index (χ0) is 17.2. The van der Waals surface area contributed by atoms with Crippen LogP contribution in [0.5, 0.6) is 5.75 Å². The van der Waals surface area contributed by atoms with Crippen molar-refractivity contribution in [2.75, 3.05) is 26.4 Å². The normalized spacial score (nSPS) is 11.5. The van der Waals surface area contributed by atoms with Gasteiger partial charge in [-0.1, -0.05) is 36.4 Å². The van der Waals surface area contributed by atoms with Gasteiger partial charge in [0.1, 0.15) is 12.4 Å². The van der Waals surface area contributed by atoms with Crippen molar-refractivity contribution >= 4 is 5.84 Å². The Labute approximate surface area is 144 Å². The van der Waals surface area contributed by atoms with Gasteiger partial charge in [-0.25, -0.2) is 0 Å². The third kappa shape index (κ3) is 6.42. The van der Waals surface area contributed by atoms with Crippen LogP contribution in [0.1, 0.15) is 16.7 Å². The maximum Gasteiger partial charge on any atom is 0.119 e. The van der Waals surface area contributed by atoms with Gasteiger partial charge in [-0.15, -0.1) is 0 Å². The van der Waals surface area contributed by atoms with Crippen molar-refractivity contribution in [2.45, 2.75) is 20.3 Å². The topological polar surface area (TPSA) is 56.8 Å². The lowest BCUT2D eigenvalue weighted by Crippen LogP contribution is -2.17. The van der Waals surface area contributed by atoms with Crippen molar-refractivity contribution in [1.82, 2.24) is 0 Å². The lowest BCUT2D eigenvalue weighted by molar-refractivity contribution is 0.106. The number of para-hydroxylation sites is 1. The van der Waals surface area contributed by atoms with Crippen molar-refractivity contribution in [1.29, 1.82) is 0 Å². The Balaban J connectivity index is 1.60. The molecule has 0 aliphatic heterocycles. The molecule has 0 aromatic heterocycles. The first-order valence-corrected chi connectivity index (χ1v) is 8.25. The monoisotopic (exact) mass is 326 g/mol. The van der Waals surface area contributed by atoms with Gasteiger partial charge in [0.05, 0.1) is 25.6 Å². The molecule has 0 amide bonds. The first kappa shape index (κ1) is 18.0. The van der Waals surface area contributed by atoms with Crippen LogP contribution in [0.15, 0.2) is 53.5 Å². The molecule has 4 nitrogen and oxygen atoms in total. The number of nitrogens with two attached hydrogens (primary N) is 1. The van der Waals surface area contributed by atoms with E-state index in [9.17, 15) is 0 Å². The van der Waals surface area contributed by atoms with Crippen molar-refractivity contribution in [3.8, 4) is 5.75 Å². The molecule has 0 heterocycles. The summed E-state index contributed by atoms with van der Waals surface area (Å²) in [7, 11) is 0. The summed E-state index contributed by atoms with van der Waals surface area (Å²) in [5.41, 5.74) is 9.74. The van der Waals surface area contributed by atoms with E-state index in [-0.39, 0.29) is 0 Å². The third-order valence-electron chi connectivity index (χ3n) is 3.75. The molecule has 0 spiro atoms. The lowest BCUT2D eigenvalue weighted by atomic mass is 10.0. The van der Waals surface area contributed by atoms with Gasteiger partial charge in [-0.05, 0) is 42.7 Å². The molecule has 0 aliphatic rings. The number of rotatable bonds is 9. The van der Waals surface area contributed by atoms with Gasteiger partial charge in [-0.3, -0.25) is 4.99 Å². The molecule has 0 unspecified atom stereocenters. The fourth-order valence-corrected chi connectivity index (χ4v) is 2.27. The van der Waals surface area contributed by atoms with Crippen LogP contribution in [0, 0.1) is 13.8 Å². The van der Waals surface area contributed by atoms with E-state index in [0.29, 0.717) is 38.6 Å². The fraction of sp³-hybridized carbons (Fsp3) is 0.350. The summed E-state index contributed by atoms with van der Waals surface area (Å²) in [5.74, 6) is 1.50. The second-order valence-electron chi connectivity index (χ2n) is 5.74. The minimum Gasteiger partial charge on any atom is -0.491 e. The molecule has 0 radical (unpaired) electrons. The van der Waals surface area contributed by atoms with E-state index in [1.807, 2.05) is 30.3 Å². The maximum absolute atomic E-state index is 5.98. The number of hydrogen-bond acceptors (Lipinski definition) is 3. The highest BCUT2D eigenvalue weighted by molar-refractivity contribution is 5.82. The van der Waals surface area contributed by atoms with Crippen LogP contribution in [0.3, 0.4) is 0 Å². The van der Waals surface area contributed by atoms with E-state index >= 15 is 0 Å². The summed E-state index contributed by atoms with van der Waals surface area (Å²) in [6, 6.07) is 16.1. The Bertz CT molecular complexity index is 654. The Hall–Kier alpha value is -2.33. The molecule has 0 saturated carbocycles. The van der Waals surface area contributed by atoms with Crippen molar-refractivity contribution in [3.63, 3.8) is 0 Å². The molecular formula is C20H26N2O2. The van der Waals surface area contributed by atoms with Crippen molar-refractivity contribution in [3.05, 3.63) is 65.2 Å². The predicted octanol–water partition coefficient (Wildman–Crippen LogP) is 3.30. The summed E-state index contributed by atoms with van der Waals surface area (Å²) >= 11 is 0. The molecule has 0 atom stereocenters. The molecule has 0 aliphatic carbocycles. The van der Waals surface area contributed by atoms with Gasteiger partial charge in [0, 0.05) is 6.42 Å². The average molecular weight is 326 g/mol. The van der Waals surface area contributed by atoms with Gasteiger partial charge in [0.15, 0.2) is 0 Å². The Morgan fingerprint density at radius 3 is 2.50 bits per heavy atom. The largest absolute Gasteiger partial charge is 0.491 e. The predicted molar refractivity (Wildman–Crippen MR) is 98.9 cm³/mol. The molecule has 4 heteroatoms. The number of aryl methyl sites for hydroxylation is 2. The van der Waals surface area contributed by atoms with Gasteiger partial charge in [-0.2, -0.15) is 0 Å². The molecule has 24 heavy (non-hydrogen) atoms. The molecule has 2 N–H and O–H groups in total. The van der Waals surface area contributed by atoms with Crippen LogP contribution in [-0.4, -0.2) is 32.2 Å². The summed E-state index contributed by atoms with van der Waals surface area (Å²) in [4.78, 5) is 4.36. The zero-order valence-electron chi connectivity index (χ0n) is 14.5. The first-order chi connectivity index (χ1) is 11.6. The van der Waals surface area contributed by atoms with E-state index < -0.39 is 0 Å². The number of hydrogen-bond donors (Lipinski definition) is 1. The molecule has 2 aromatic rings. The Morgan fingerprint density at radius 1 is 0.958 bits per heavy atom. The van der Waals surface area contributed by atoms with Crippen LogP contribution in [0.4, 0.5) is 0 Å². The number of aliphatic imine (C=N–C) groups is 1. The summed E-state index contributed by atoms with van der Waals surface area (Å²) < 4.78 is 11.1. The van der Waals surface area contributed by atoms with Crippen LogP contribution < -0.4 is 10.5 Å². The molecule has 128 valence electrons. The standard InChI is InChI=1S/C20H26N2O2/c1-16-8-9-18(14-17(16)2)15-20(21)22-10-11-23-12-13-24-19-6-4-3-5-7-19/h3-9,14H,10-13,15H2,1-2H3,(H2,21,22). The quantitative estimate of drug-likeness (QED) is 0.437. The van der Waals surface area contributed by atoms with Gasteiger partial charge in [0.2, 0.25) is 0 Å². The Morgan fingerprint density at radius 2 is 1.75 bits per heavy atom. The average Bonchev–Trinajstić information content (AvgIpc) is 2.58. The van der Waals surface area contributed by atoms with Crippen molar-refractivity contribution in [2.24, 2.45) is 10.7 Å². The fourth-order valence-electron chi connectivity index (χ4n) is 2.27. The van der Waals surface area contributed by atoms with E-state index in [0.717, 1.165) is 5.75 Å².